The van der Waals surface area contributed by atoms with Crippen LogP contribution in [0, 0.1) is 12.8 Å². The average molecular weight is 416 g/mol. The lowest BCUT2D eigenvalue weighted by molar-refractivity contribution is -0.909. The number of halogens is 1. The molecule has 1 saturated heterocycles. The van der Waals surface area contributed by atoms with Crippen LogP contribution in [0.1, 0.15) is 22.7 Å². The Morgan fingerprint density at radius 3 is 2.72 bits per heavy atom. The minimum absolute atomic E-state index is 0.0306. The van der Waals surface area contributed by atoms with Crippen LogP contribution in [0.25, 0.3) is 0 Å². The van der Waals surface area contributed by atoms with Crippen molar-refractivity contribution in [1.29, 1.82) is 0 Å². The van der Waals surface area contributed by atoms with Gasteiger partial charge < -0.3 is 19.7 Å². The molecule has 2 aromatic carbocycles. The summed E-state index contributed by atoms with van der Waals surface area (Å²) >= 11 is 6.12. The molecule has 2 N–H and O–H groups in total. The third-order valence-electron chi connectivity index (χ3n) is 5.79. The first-order chi connectivity index (χ1) is 14.1. The van der Waals surface area contributed by atoms with Gasteiger partial charge in [0.2, 0.25) is 5.91 Å². The zero-order valence-corrected chi connectivity index (χ0v) is 17.5. The lowest BCUT2D eigenvalue weighted by atomic mass is 9.95. The SMILES string of the molecule is Cc1ccc([C@@H](C[NH+]2CCOCC2)NC(=O)[C@@H]2COc3ccc(Cl)cc3C2)cc1. The fraction of sp³-hybridized carbons (Fsp3) is 0.435. The molecular weight excluding hydrogens is 388 g/mol. The van der Waals surface area contributed by atoms with Crippen molar-refractivity contribution in [2.45, 2.75) is 19.4 Å². The van der Waals surface area contributed by atoms with Gasteiger partial charge in [-0.25, -0.2) is 0 Å². The van der Waals surface area contributed by atoms with Crippen LogP contribution in [0.15, 0.2) is 42.5 Å². The maximum absolute atomic E-state index is 13.1. The van der Waals surface area contributed by atoms with E-state index in [4.69, 9.17) is 21.1 Å². The summed E-state index contributed by atoms with van der Waals surface area (Å²) in [5, 5.41) is 3.97. The van der Waals surface area contributed by atoms with E-state index >= 15 is 0 Å². The summed E-state index contributed by atoms with van der Waals surface area (Å²) in [6.45, 7) is 6.81. The Morgan fingerprint density at radius 1 is 1.21 bits per heavy atom. The first-order valence-corrected chi connectivity index (χ1v) is 10.7. The summed E-state index contributed by atoms with van der Waals surface area (Å²) in [6.07, 6.45) is 0.646. The average Bonchev–Trinajstić information content (AvgIpc) is 2.74. The quantitative estimate of drug-likeness (QED) is 0.785. The van der Waals surface area contributed by atoms with Crippen LogP contribution < -0.4 is 15.0 Å². The molecule has 1 fully saturated rings. The highest BCUT2D eigenvalue weighted by molar-refractivity contribution is 6.30. The predicted octanol–water partition coefficient (Wildman–Crippen LogP) is 1.97. The second kappa shape index (κ2) is 9.16. The van der Waals surface area contributed by atoms with Crippen molar-refractivity contribution in [3.05, 3.63) is 64.2 Å². The van der Waals surface area contributed by atoms with E-state index in [0.29, 0.717) is 18.1 Å². The van der Waals surface area contributed by atoms with Crippen molar-refractivity contribution < 1.29 is 19.2 Å². The van der Waals surface area contributed by atoms with Gasteiger partial charge >= 0.3 is 0 Å². The molecule has 4 rings (SSSR count). The third kappa shape index (κ3) is 5.10. The normalized spacial score (nSPS) is 20.4. The molecule has 0 unspecified atom stereocenters. The second-order valence-electron chi connectivity index (χ2n) is 8.00. The van der Waals surface area contributed by atoms with E-state index in [1.807, 2.05) is 18.2 Å². The van der Waals surface area contributed by atoms with Crippen LogP contribution in [-0.4, -0.2) is 45.4 Å². The minimum atomic E-state index is -0.214. The fourth-order valence-corrected chi connectivity index (χ4v) is 4.22. The molecule has 0 spiro atoms. The van der Waals surface area contributed by atoms with Gasteiger partial charge in [-0.05, 0) is 42.7 Å². The van der Waals surface area contributed by atoms with Crippen molar-refractivity contribution >= 4 is 17.5 Å². The molecule has 2 aliphatic rings. The summed E-state index contributed by atoms with van der Waals surface area (Å²) in [5.41, 5.74) is 3.35. The van der Waals surface area contributed by atoms with Crippen LogP contribution in [0.2, 0.25) is 5.02 Å². The van der Waals surface area contributed by atoms with Gasteiger partial charge in [-0.1, -0.05) is 41.4 Å². The molecule has 0 bridgehead atoms. The van der Waals surface area contributed by atoms with E-state index in [9.17, 15) is 4.79 Å². The number of quaternary nitrogens is 1. The molecule has 1 amide bonds. The zero-order valence-electron chi connectivity index (χ0n) is 16.7. The number of nitrogens with one attached hydrogen (secondary N) is 2. The van der Waals surface area contributed by atoms with E-state index in [0.717, 1.165) is 49.7 Å². The molecule has 154 valence electrons. The van der Waals surface area contributed by atoms with E-state index in [-0.39, 0.29) is 17.9 Å². The number of fused-ring (bicyclic) bond motifs is 1. The van der Waals surface area contributed by atoms with E-state index < -0.39 is 0 Å². The molecule has 2 atom stereocenters. The Hall–Kier alpha value is -2.08. The maximum Gasteiger partial charge on any atom is 0.227 e. The lowest BCUT2D eigenvalue weighted by Gasteiger charge is -2.30. The van der Waals surface area contributed by atoms with Gasteiger partial charge in [0.05, 0.1) is 19.1 Å². The number of morpholine rings is 1. The molecule has 2 aromatic rings. The number of hydrogen-bond donors (Lipinski definition) is 2. The highest BCUT2D eigenvalue weighted by Crippen LogP contribution is 2.30. The van der Waals surface area contributed by atoms with Crippen molar-refractivity contribution in [1.82, 2.24) is 5.32 Å². The largest absolute Gasteiger partial charge is 0.492 e. The van der Waals surface area contributed by atoms with Gasteiger partial charge in [0.25, 0.3) is 0 Å². The van der Waals surface area contributed by atoms with E-state index in [1.54, 1.807) is 0 Å². The first kappa shape index (κ1) is 20.2. The van der Waals surface area contributed by atoms with Gasteiger partial charge in [0.15, 0.2) is 0 Å². The summed E-state index contributed by atoms with van der Waals surface area (Å²) in [7, 11) is 0. The molecule has 29 heavy (non-hydrogen) atoms. The van der Waals surface area contributed by atoms with Crippen LogP contribution in [0.3, 0.4) is 0 Å². The lowest BCUT2D eigenvalue weighted by Crippen LogP contribution is -3.14. The number of carbonyl (C=O) groups excluding carboxylic acids is 1. The number of benzene rings is 2. The summed E-state index contributed by atoms with van der Waals surface area (Å²) in [6, 6.07) is 14.0. The minimum Gasteiger partial charge on any atom is -0.492 e. The van der Waals surface area contributed by atoms with Crippen molar-refractivity contribution in [3.8, 4) is 5.75 Å². The van der Waals surface area contributed by atoms with Gasteiger partial charge in [-0.3, -0.25) is 4.79 Å². The standard InChI is InChI=1S/C23H27ClN2O3/c1-16-2-4-17(5-3-16)21(14-26-8-10-28-11-9-26)25-23(27)19-12-18-13-20(24)6-7-22(18)29-15-19/h2-7,13,19,21H,8-12,14-15H2,1H3,(H,25,27)/p+1/t19-,21+/m0/s1. The van der Waals surface area contributed by atoms with Gasteiger partial charge in [-0.2, -0.15) is 0 Å². The van der Waals surface area contributed by atoms with E-state index in [1.165, 1.54) is 10.5 Å². The van der Waals surface area contributed by atoms with Crippen molar-refractivity contribution in [2.75, 3.05) is 39.5 Å². The highest BCUT2D eigenvalue weighted by atomic mass is 35.5. The molecular formula is C23H28ClN2O3+. The monoisotopic (exact) mass is 415 g/mol. The number of carbonyl (C=O) groups is 1. The van der Waals surface area contributed by atoms with Crippen LogP contribution in [0.5, 0.6) is 5.75 Å². The van der Waals surface area contributed by atoms with Crippen LogP contribution in [-0.2, 0) is 16.0 Å². The number of ether oxygens (including phenoxy) is 2. The Morgan fingerprint density at radius 2 is 1.97 bits per heavy atom. The molecule has 6 heteroatoms. The summed E-state index contributed by atoms with van der Waals surface area (Å²) in [5.74, 6) is 0.647. The molecule has 0 aliphatic carbocycles. The molecule has 0 saturated carbocycles. The van der Waals surface area contributed by atoms with Gasteiger partial charge in [0, 0.05) is 5.02 Å². The fourth-order valence-electron chi connectivity index (χ4n) is 4.02. The topological polar surface area (TPSA) is 52.0 Å². The smallest absolute Gasteiger partial charge is 0.227 e. The van der Waals surface area contributed by atoms with Crippen LogP contribution >= 0.6 is 11.6 Å². The van der Waals surface area contributed by atoms with Crippen LogP contribution in [0.4, 0.5) is 0 Å². The summed E-state index contributed by atoms with van der Waals surface area (Å²) < 4.78 is 11.3. The Labute approximate surface area is 176 Å². The third-order valence-corrected chi connectivity index (χ3v) is 6.02. The van der Waals surface area contributed by atoms with Gasteiger partial charge in [-0.15, -0.1) is 0 Å². The van der Waals surface area contributed by atoms with Gasteiger partial charge in [0.1, 0.15) is 38.0 Å². The summed E-state index contributed by atoms with van der Waals surface area (Å²) in [4.78, 5) is 14.6. The van der Waals surface area contributed by atoms with E-state index in [2.05, 4.69) is 36.5 Å². The maximum atomic E-state index is 13.1. The Balaban J connectivity index is 1.47. The number of amides is 1. The predicted molar refractivity (Wildman–Crippen MR) is 113 cm³/mol. The molecule has 0 radical (unpaired) electrons. The second-order valence-corrected chi connectivity index (χ2v) is 8.44. The first-order valence-electron chi connectivity index (χ1n) is 10.3. The molecule has 0 aromatic heterocycles. The Bertz CT molecular complexity index is 850. The number of rotatable bonds is 5. The Kier molecular flexibility index (Phi) is 6.38. The highest BCUT2D eigenvalue weighted by Gasteiger charge is 2.30. The number of aryl methyl sites for hydroxylation is 1. The molecule has 2 aliphatic heterocycles. The molecule has 5 nitrogen and oxygen atoms in total. The van der Waals surface area contributed by atoms with Crippen molar-refractivity contribution in [3.63, 3.8) is 0 Å². The molecule has 2 heterocycles. The zero-order chi connectivity index (χ0) is 20.2. The number of hydrogen-bond acceptors (Lipinski definition) is 3. The van der Waals surface area contributed by atoms with Crippen molar-refractivity contribution in [2.24, 2.45) is 5.92 Å².